The van der Waals surface area contributed by atoms with E-state index >= 15 is 0 Å². The minimum Gasteiger partial charge on any atom is -0.498 e. The zero-order chi connectivity index (χ0) is 19.3. The zero-order valence-electron chi connectivity index (χ0n) is 15.0. The van der Waals surface area contributed by atoms with E-state index in [1.807, 2.05) is 13.8 Å². The Morgan fingerprint density at radius 1 is 0.786 bits per heavy atom. The van der Waals surface area contributed by atoms with Crippen LogP contribution in [0, 0.1) is 17.3 Å². The molecule has 8 rings (SSSR count). The van der Waals surface area contributed by atoms with Crippen LogP contribution in [0.4, 0.5) is 0 Å². The van der Waals surface area contributed by atoms with Crippen molar-refractivity contribution >= 4 is 23.1 Å². The number of Topliss-reactive ketones (excluding diaryl/α,β-unsaturated/α-hetero) is 4. The van der Waals surface area contributed by atoms with Gasteiger partial charge in [-0.1, -0.05) is 0 Å². The Labute approximate surface area is 158 Å². The van der Waals surface area contributed by atoms with Crippen LogP contribution in [0.2, 0.25) is 0 Å². The van der Waals surface area contributed by atoms with Crippen molar-refractivity contribution in [3.63, 3.8) is 0 Å². The molecule has 0 aromatic rings. The molecular weight excluding hydrogens is 368 g/mol. The molecule has 4 fully saturated rings. The highest BCUT2D eigenvalue weighted by atomic mass is 16.6. The van der Waals surface area contributed by atoms with Crippen molar-refractivity contribution in [1.82, 2.24) is 0 Å². The quantitative estimate of drug-likeness (QED) is 0.511. The summed E-state index contributed by atoms with van der Waals surface area (Å²) in [6, 6.07) is 0. The molecule has 3 aliphatic carbocycles. The van der Waals surface area contributed by atoms with Crippen molar-refractivity contribution < 1.29 is 38.1 Å². The number of hydrogen-bond donors (Lipinski definition) is 0. The number of carbonyl (C=O) groups excluding carboxylic acids is 4. The molecule has 3 saturated heterocycles. The van der Waals surface area contributed by atoms with E-state index in [2.05, 4.69) is 0 Å². The third kappa shape index (κ3) is 1.38. The predicted molar refractivity (Wildman–Crippen MR) is 86.8 cm³/mol. The van der Waals surface area contributed by atoms with Crippen LogP contribution in [0.1, 0.15) is 13.8 Å². The Kier molecular flexibility index (Phi) is 2.45. The summed E-state index contributed by atoms with van der Waals surface area (Å²) in [5.41, 5.74) is -0.491. The smallest absolute Gasteiger partial charge is 0.194 e. The van der Waals surface area contributed by atoms with Gasteiger partial charge in [0.15, 0.2) is 47.5 Å². The van der Waals surface area contributed by atoms with Gasteiger partial charge in [-0.05, 0) is 13.8 Å². The van der Waals surface area contributed by atoms with Crippen molar-refractivity contribution in [2.75, 3.05) is 0 Å². The predicted octanol–water partition coefficient (Wildman–Crippen LogP) is -0.556. The molecule has 8 heteroatoms. The van der Waals surface area contributed by atoms with Gasteiger partial charge in [0.25, 0.3) is 0 Å². The van der Waals surface area contributed by atoms with E-state index in [-0.39, 0.29) is 34.3 Å². The van der Waals surface area contributed by atoms with Crippen LogP contribution >= 0.6 is 0 Å². The summed E-state index contributed by atoms with van der Waals surface area (Å²) in [5, 5.41) is 0. The Balaban J connectivity index is 1.55. The average molecular weight is 384 g/mol. The molecule has 1 spiro atoms. The van der Waals surface area contributed by atoms with Crippen molar-refractivity contribution in [3.8, 4) is 0 Å². The van der Waals surface area contributed by atoms with Gasteiger partial charge in [-0.15, -0.1) is 0 Å². The number of carbonyl (C=O) groups is 4. The summed E-state index contributed by atoms with van der Waals surface area (Å²) in [5.74, 6) is -2.02. The Bertz CT molecular complexity index is 1010. The molecule has 8 aliphatic rings. The van der Waals surface area contributed by atoms with Crippen LogP contribution in [0.25, 0.3) is 0 Å². The number of fused-ring (bicyclic) bond motifs is 3. The number of rotatable bonds is 0. The maximum Gasteiger partial charge on any atom is 0.194 e. The van der Waals surface area contributed by atoms with Gasteiger partial charge >= 0.3 is 0 Å². The molecule has 8 nitrogen and oxygen atoms in total. The highest BCUT2D eigenvalue weighted by Gasteiger charge is 2.79. The molecule has 0 aromatic carbocycles. The molecule has 1 saturated carbocycles. The Morgan fingerprint density at radius 3 is 2.18 bits per heavy atom. The molecule has 0 N–H and O–H groups in total. The highest BCUT2D eigenvalue weighted by molar-refractivity contribution is 6.23. The number of epoxide rings is 2. The summed E-state index contributed by atoms with van der Waals surface area (Å²) in [7, 11) is 0. The standard InChI is InChI=1S/C20H16O8/c1-4-7-8-9(13(23)16-15(27-16)12(8)22)19(26-4)20-6(3-25-5(2)10(7)20)11(21)14-17(28-14)18(20)24/h3-5,7,10,14-17,19H,1-2H3. The van der Waals surface area contributed by atoms with Gasteiger partial charge in [-0.2, -0.15) is 0 Å². The van der Waals surface area contributed by atoms with Crippen LogP contribution in [-0.2, 0) is 38.1 Å². The molecule has 2 bridgehead atoms. The number of ether oxygens (including phenoxy) is 4. The summed E-state index contributed by atoms with van der Waals surface area (Å²) >= 11 is 0. The van der Waals surface area contributed by atoms with E-state index in [1.165, 1.54) is 6.26 Å². The van der Waals surface area contributed by atoms with Crippen molar-refractivity contribution in [2.45, 2.75) is 56.6 Å². The van der Waals surface area contributed by atoms with E-state index in [1.54, 1.807) is 0 Å². The maximum atomic E-state index is 13.6. The number of hydrogen-bond acceptors (Lipinski definition) is 8. The van der Waals surface area contributed by atoms with E-state index in [4.69, 9.17) is 18.9 Å². The second-order valence-electron chi connectivity index (χ2n) is 8.75. The molecule has 10 unspecified atom stereocenters. The fourth-order valence-corrected chi connectivity index (χ4v) is 6.49. The third-order valence-electron chi connectivity index (χ3n) is 7.64. The van der Waals surface area contributed by atoms with Gasteiger partial charge in [-0.3, -0.25) is 19.2 Å². The summed E-state index contributed by atoms with van der Waals surface area (Å²) in [4.78, 5) is 52.6. The van der Waals surface area contributed by atoms with Crippen molar-refractivity contribution in [1.29, 1.82) is 0 Å². The number of ketones is 4. The first-order valence-corrected chi connectivity index (χ1v) is 9.62. The van der Waals surface area contributed by atoms with Crippen LogP contribution in [0.15, 0.2) is 23.0 Å². The van der Waals surface area contributed by atoms with Gasteiger partial charge in [0.1, 0.15) is 11.5 Å². The van der Waals surface area contributed by atoms with Crippen molar-refractivity contribution in [2.24, 2.45) is 17.3 Å². The van der Waals surface area contributed by atoms with Gasteiger partial charge in [0.2, 0.25) is 0 Å². The molecule has 0 aromatic heterocycles. The van der Waals surface area contributed by atoms with E-state index < -0.39 is 60.0 Å². The first-order chi connectivity index (χ1) is 13.4. The highest BCUT2D eigenvalue weighted by Crippen LogP contribution is 2.66. The molecule has 10 atom stereocenters. The lowest BCUT2D eigenvalue weighted by atomic mass is 9.45. The largest absolute Gasteiger partial charge is 0.498 e. The first kappa shape index (κ1) is 15.7. The van der Waals surface area contributed by atoms with Crippen LogP contribution in [0.3, 0.4) is 0 Å². The van der Waals surface area contributed by atoms with Crippen LogP contribution in [-0.4, -0.2) is 65.9 Å². The zero-order valence-corrected chi connectivity index (χ0v) is 15.0. The maximum absolute atomic E-state index is 13.6. The topological polar surface area (TPSA) is 112 Å². The Hall–Kier alpha value is -2.16. The van der Waals surface area contributed by atoms with Crippen LogP contribution in [0.5, 0.6) is 0 Å². The molecule has 5 aliphatic heterocycles. The van der Waals surface area contributed by atoms with Gasteiger partial charge in [-0.25, -0.2) is 0 Å². The lowest BCUT2D eigenvalue weighted by Crippen LogP contribution is -2.72. The summed E-state index contributed by atoms with van der Waals surface area (Å²) in [6.07, 6.45) is -3.55. The first-order valence-electron chi connectivity index (χ1n) is 9.62. The minimum atomic E-state index is -1.35. The van der Waals surface area contributed by atoms with Crippen molar-refractivity contribution in [3.05, 3.63) is 23.0 Å². The molecular formula is C20H16O8. The third-order valence-corrected chi connectivity index (χ3v) is 7.64. The normalized spacial score (nSPS) is 54.8. The fraction of sp³-hybridized carbons (Fsp3) is 0.600. The van der Waals surface area contributed by atoms with Gasteiger partial charge < -0.3 is 18.9 Å². The molecule has 28 heavy (non-hydrogen) atoms. The second kappa shape index (κ2) is 4.37. The van der Waals surface area contributed by atoms with Gasteiger partial charge in [0, 0.05) is 28.6 Å². The van der Waals surface area contributed by atoms with E-state index in [9.17, 15) is 19.2 Å². The SMILES string of the molecule is CC1OC2C3=C(C(=O)C4OC4C3=O)C1C1C(C)OC=C3C(=O)C4OC4C(=O)C321. The average Bonchev–Trinajstić information content (AvgIpc) is 3.57. The van der Waals surface area contributed by atoms with E-state index in [0.29, 0.717) is 5.57 Å². The Morgan fingerprint density at radius 2 is 1.43 bits per heavy atom. The molecule has 144 valence electrons. The van der Waals surface area contributed by atoms with E-state index in [0.717, 1.165) is 0 Å². The second-order valence-corrected chi connectivity index (χ2v) is 8.75. The molecule has 0 amide bonds. The lowest BCUT2D eigenvalue weighted by Gasteiger charge is -2.62. The summed E-state index contributed by atoms with van der Waals surface area (Å²) < 4.78 is 22.7. The monoisotopic (exact) mass is 384 g/mol. The van der Waals surface area contributed by atoms with Gasteiger partial charge in [0.05, 0.1) is 18.5 Å². The minimum absolute atomic E-state index is 0.196. The summed E-state index contributed by atoms with van der Waals surface area (Å²) in [6.45, 7) is 3.67. The lowest BCUT2D eigenvalue weighted by molar-refractivity contribution is -0.203. The fourth-order valence-electron chi connectivity index (χ4n) is 6.49. The van der Waals surface area contributed by atoms with Crippen LogP contribution < -0.4 is 0 Å². The molecule has 5 heterocycles. The molecule has 0 radical (unpaired) electrons.